The monoisotopic (exact) mass is 362 g/mol. The normalized spacial score (nSPS) is 11.6. The summed E-state index contributed by atoms with van der Waals surface area (Å²) in [5.74, 6) is 0. The van der Waals surface area contributed by atoms with E-state index in [1.54, 1.807) is 24.3 Å². The van der Waals surface area contributed by atoms with E-state index in [0.717, 1.165) is 33.7 Å². The van der Waals surface area contributed by atoms with E-state index in [1.807, 2.05) is 39.0 Å². The van der Waals surface area contributed by atoms with Crippen molar-refractivity contribution in [1.82, 2.24) is 4.98 Å². The molecule has 0 atom stereocenters. The minimum atomic E-state index is -4.50. The predicted molar refractivity (Wildman–Crippen MR) is 96.5 cm³/mol. The van der Waals surface area contributed by atoms with Crippen molar-refractivity contribution in [2.24, 2.45) is 0 Å². The summed E-state index contributed by atoms with van der Waals surface area (Å²) in [5, 5.41) is 3.25. The molecule has 1 aromatic heterocycles. The Balaban J connectivity index is 2.03. The number of anilines is 2. The highest BCUT2D eigenvalue weighted by molar-refractivity contribution is 7.19. The quantitative estimate of drug-likeness (QED) is 0.575. The summed E-state index contributed by atoms with van der Waals surface area (Å²) < 4.78 is 40.2. The molecule has 0 spiro atoms. The minimum absolute atomic E-state index is 0.125. The molecular weight excluding hydrogens is 345 g/mol. The number of hydrogen-bond donors (Lipinski definition) is 1. The van der Waals surface area contributed by atoms with Crippen LogP contribution < -0.4 is 5.32 Å². The standard InChI is InChI=1S/C19H17F3N2S/c1-11-4-7-14(8-5-11)16-17(19(20,21)22)24-18(25-16)23-15-9-6-12(2)10-13(15)3/h4-10H,1-3H3,(H,23,24). The van der Waals surface area contributed by atoms with Crippen molar-refractivity contribution >= 4 is 22.2 Å². The smallest absolute Gasteiger partial charge is 0.331 e. The maximum atomic E-state index is 13.4. The summed E-state index contributed by atoms with van der Waals surface area (Å²) in [4.78, 5) is 3.95. The second kappa shape index (κ2) is 6.52. The first-order chi connectivity index (χ1) is 11.7. The van der Waals surface area contributed by atoms with Gasteiger partial charge in [0.15, 0.2) is 10.8 Å². The highest BCUT2D eigenvalue weighted by atomic mass is 32.1. The number of aryl methyl sites for hydroxylation is 3. The van der Waals surface area contributed by atoms with Gasteiger partial charge in [-0.15, -0.1) is 0 Å². The molecule has 2 aromatic carbocycles. The Kier molecular flexibility index (Phi) is 4.56. The number of hydrogen-bond acceptors (Lipinski definition) is 3. The zero-order valence-electron chi connectivity index (χ0n) is 14.0. The zero-order valence-corrected chi connectivity index (χ0v) is 14.8. The number of nitrogens with zero attached hydrogens (tertiary/aromatic N) is 1. The van der Waals surface area contributed by atoms with Crippen LogP contribution in [0.25, 0.3) is 10.4 Å². The fourth-order valence-electron chi connectivity index (χ4n) is 2.54. The van der Waals surface area contributed by atoms with Gasteiger partial charge in [-0.05, 0) is 38.0 Å². The molecule has 1 N–H and O–H groups in total. The Hall–Kier alpha value is -2.34. The van der Waals surface area contributed by atoms with Gasteiger partial charge in [0.25, 0.3) is 0 Å². The van der Waals surface area contributed by atoms with Gasteiger partial charge in [-0.3, -0.25) is 0 Å². The van der Waals surface area contributed by atoms with Gasteiger partial charge in [0, 0.05) is 5.69 Å². The number of nitrogens with one attached hydrogen (secondary N) is 1. The number of aromatic nitrogens is 1. The van der Waals surface area contributed by atoms with Gasteiger partial charge in [0.05, 0.1) is 4.88 Å². The van der Waals surface area contributed by atoms with Crippen LogP contribution in [-0.2, 0) is 6.18 Å². The fraction of sp³-hybridized carbons (Fsp3) is 0.211. The molecule has 25 heavy (non-hydrogen) atoms. The molecule has 0 saturated heterocycles. The van der Waals surface area contributed by atoms with E-state index in [2.05, 4.69) is 10.3 Å². The van der Waals surface area contributed by atoms with Crippen LogP contribution in [0.3, 0.4) is 0 Å². The summed E-state index contributed by atoms with van der Waals surface area (Å²) >= 11 is 1.01. The Morgan fingerprint density at radius 2 is 1.56 bits per heavy atom. The van der Waals surface area contributed by atoms with Gasteiger partial charge in [-0.1, -0.05) is 58.9 Å². The molecule has 3 aromatic rings. The van der Waals surface area contributed by atoms with Crippen molar-refractivity contribution in [2.45, 2.75) is 26.9 Å². The van der Waals surface area contributed by atoms with E-state index >= 15 is 0 Å². The topological polar surface area (TPSA) is 24.9 Å². The highest BCUT2D eigenvalue weighted by Gasteiger charge is 2.38. The summed E-state index contributed by atoms with van der Waals surface area (Å²) in [6.07, 6.45) is -4.50. The molecule has 0 aliphatic heterocycles. The van der Waals surface area contributed by atoms with Gasteiger partial charge < -0.3 is 5.32 Å². The summed E-state index contributed by atoms with van der Waals surface area (Å²) in [6, 6.07) is 12.7. The van der Waals surface area contributed by atoms with Crippen LogP contribution in [0.15, 0.2) is 42.5 Å². The van der Waals surface area contributed by atoms with Crippen LogP contribution in [0.2, 0.25) is 0 Å². The molecule has 0 aliphatic rings. The van der Waals surface area contributed by atoms with E-state index in [9.17, 15) is 13.2 Å². The second-order valence-electron chi connectivity index (χ2n) is 6.00. The fourth-order valence-corrected chi connectivity index (χ4v) is 3.54. The van der Waals surface area contributed by atoms with Crippen LogP contribution >= 0.6 is 11.3 Å². The van der Waals surface area contributed by atoms with Gasteiger partial charge in [0.1, 0.15) is 0 Å². The Bertz CT molecular complexity index is 896. The van der Waals surface area contributed by atoms with E-state index in [1.165, 1.54) is 0 Å². The Labute approximate surface area is 148 Å². The second-order valence-corrected chi connectivity index (χ2v) is 7.00. The molecule has 0 unspecified atom stereocenters. The molecule has 0 saturated carbocycles. The molecule has 0 aliphatic carbocycles. The number of benzene rings is 2. The van der Waals surface area contributed by atoms with Gasteiger partial charge >= 0.3 is 6.18 Å². The molecule has 6 heteroatoms. The molecular formula is C19H17F3N2S. The zero-order chi connectivity index (χ0) is 18.2. The maximum Gasteiger partial charge on any atom is 0.434 e. The summed E-state index contributed by atoms with van der Waals surface area (Å²) in [5.41, 5.74) is 3.47. The lowest BCUT2D eigenvalue weighted by atomic mass is 10.1. The molecule has 0 radical (unpaired) electrons. The first kappa shape index (κ1) is 17.5. The van der Waals surface area contributed by atoms with Crippen LogP contribution in [0.5, 0.6) is 0 Å². The molecule has 1 heterocycles. The van der Waals surface area contributed by atoms with Crippen LogP contribution in [0.1, 0.15) is 22.4 Å². The van der Waals surface area contributed by atoms with Crippen LogP contribution in [0.4, 0.5) is 24.0 Å². The van der Waals surface area contributed by atoms with E-state index in [0.29, 0.717) is 5.56 Å². The third-order valence-corrected chi connectivity index (χ3v) is 4.85. The molecule has 0 amide bonds. The first-order valence-electron chi connectivity index (χ1n) is 7.73. The van der Waals surface area contributed by atoms with Crippen molar-refractivity contribution in [1.29, 1.82) is 0 Å². The maximum absolute atomic E-state index is 13.4. The van der Waals surface area contributed by atoms with Crippen molar-refractivity contribution in [2.75, 3.05) is 5.32 Å². The molecule has 0 fully saturated rings. The van der Waals surface area contributed by atoms with Crippen LogP contribution in [-0.4, -0.2) is 4.98 Å². The summed E-state index contributed by atoms with van der Waals surface area (Å²) in [7, 11) is 0. The van der Waals surface area contributed by atoms with Gasteiger partial charge in [0.2, 0.25) is 0 Å². The number of alkyl halides is 3. The first-order valence-corrected chi connectivity index (χ1v) is 8.55. The Morgan fingerprint density at radius 3 is 2.16 bits per heavy atom. The third kappa shape index (κ3) is 3.85. The largest absolute Gasteiger partial charge is 0.434 e. The van der Waals surface area contributed by atoms with Crippen molar-refractivity contribution in [3.63, 3.8) is 0 Å². The summed E-state index contributed by atoms with van der Waals surface area (Å²) in [6.45, 7) is 5.78. The van der Waals surface area contributed by atoms with Crippen molar-refractivity contribution in [3.05, 3.63) is 64.8 Å². The highest BCUT2D eigenvalue weighted by Crippen LogP contribution is 2.42. The Morgan fingerprint density at radius 1 is 0.920 bits per heavy atom. The lowest BCUT2D eigenvalue weighted by Crippen LogP contribution is -2.07. The lowest BCUT2D eigenvalue weighted by molar-refractivity contribution is -0.140. The molecule has 130 valence electrons. The van der Waals surface area contributed by atoms with E-state index in [-0.39, 0.29) is 10.0 Å². The SMILES string of the molecule is Cc1ccc(-c2sc(Nc3ccc(C)cc3C)nc2C(F)(F)F)cc1. The third-order valence-electron chi connectivity index (χ3n) is 3.83. The average Bonchev–Trinajstić information content (AvgIpc) is 2.95. The number of thiazole rings is 1. The van der Waals surface area contributed by atoms with E-state index < -0.39 is 11.9 Å². The molecule has 2 nitrogen and oxygen atoms in total. The van der Waals surface area contributed by atoms with Crippen molar-refractivity contribution in [3.8, 4) is 10.4 Å². The average molecular weight is 362 g/mol. The minimum Gasteiger partial charge on any atom is -0.331 e. The van der Waals surface area contributed by atoms with Crippen molar-refractivity contribution < 1.29 is 13.2 Å². The number of rotatable bonds is 3. The predicted octanol–water partition coefficient (Wildman–Crippen LogP) is 6.50. The van der Waals surface area contributed by atoms with Crippen LogP contribution in [0, 0.1) is 20.8 Å². The molecule has 3 rings (SSSR count). The molecule has 0 bridgehead atoms. The van der Waals surface area contributed by atoms with E-state index in [4.69, 9.17) is 0 Å². The number of halogens is 3. The lowest BCUT2D eigenvalue weighted by Gasteiger charge is -2.07. The van der Waals surface area contributed by atoms with Gasteiger partial charge in [-0.25, -0.2) is 4.98 Å². The van der Waals surface area contributed by atoms with Gasteiger partial charge in [-0.2, -0.15) is 13.2 Å².